The number of piperidine rings is 1. The first-order chi connectivity index (χ1) is 11.3. The first-order valence-corrected chi connectivity index (χ1v) is 8.26. The Hall–Kier alpha value is -2.20. The summed E-state index contributed by atoms with van der Waals surface area (Å²) in [5, 5.41) is 4.35. The average molecular weight is 307 g/mol. The van der Waals surface area contributed by atoms with Crippen molar-refractivity contribution >= 4 is 5.71 Å². The van der Waals surface area contributed by atoms with Crippen molar-refractivity contribution in [2.75, 3.05) is 13.1 Å². The number of benzene rings is 1. The second kappa shape index (κ2) is 6.13. The van der Waals surface area contributed by atoms with Gasteiger partial charge in [-0.05, 0) is 37.1 Å². The zero-order chi connectivity index (χ0) is 15.5. The summed E-state index contributed by atoms with van der Waals surface area (Å²) in [4.78, 5) is 12.8. The monoisotopic (exact) mass is 307 g/mol. The van der Waals surface area contributed by atoms with Crippen LogP contribution in [0, 0.1) is 0 Å². The molecule has 1 fully saturated rings. The lowest BCUT2D eigenvalue weighted by Crippen LogP contribution is -2.47. The number of nitrogens with zero attached hydrogens (tertiary/aromatic N) is 3. The molecule has 0 bridgehead atoms. The molecule has 23 heavy (non-hydrogen) atoms. The van der Waals surface area contributed by atoms with Crippen molar-refractivity contribution in [1.29, 1.82) is 0 Å². The second-order valence-electron chi connectivity index (χ2n) is 6.50. The lowest BCUT2D eigenvalue weighted by Gasteiger charge is -2.38. The molecule has 4 rings (SSSR count). The third kappa shape index (κ3) is 3.13. The Morgan fingerprint density at radius 3 is 2.78 bits per heavy atom. The van der Waals surface area contributed by atoms with E-state index < -0.39 is 0 Å². The first kappa shape index (κ1) is 14.4. The summed E-state index contributed by atoms with van der Waals surface area (Å²) < 4.78 is 0. The summed E-state index contributed by atoms with van der Waals surface area (Å²) in [5.74, 6) is 0. The summed E-state index contributed by atoms with van der Waals surface area (Å²) in [5.41, 5.74) is 3.10. The molecular weight excluding hydrogens is 286 g/mol. The van der Waals surface area contributed by atoms with Gasteiger partial charge in [-0.25, -0.2) is 0 Å². The molecule has 3 heterocycles. The molecule has 1 saturated heterocycles. The van der Waals surface area contributed by atoms with Crippen LogP contribution in [-0.4, -0.2) is 34.3 Å². The van der Waals surface area contributed by atoms with E-state index in [0.29, 0.717) is 0 Å². The predicted octanol–water partition coefficient (Wildman–Crippen LogP) is 3.24. The van der Waals surface area contributed by atoms with Gasteiger partial charge in [0.15, 0.2) is 5.60 Å². The van der Waals surface area contributed by atoms with Gasteiger partial charge in [0.25, 0.3) is 0 Å². The second-order valence-corrected chi connectivity index (χ2v) is 6.50. The topological polar surface area (TPSA) is 37.7 Å². The Balaban J connectivity index is 1.44. The predicted molar refractivity (Wildman–Crippen MR) is 90.2 cm³/mol. The molecule has 0 radical (unpaired) electrons. The van der Waals surface area contributed by atoms with Gasteiger partial charge in [-0.15, -0.1) is 0 Å². The summed E-state index contributed by atoms with van der Waals surface area (Å²) in [6.07, 6.45) is 4.89. The Labute approximate surface area is 136 Å². The Morgan fingerprint density at radius 1 is 1.09 bits per heavy atom. The number of oxime groups is 1. The van der Waals surface area contributed by atoms with E-state index in [9.17, 15) is 0 Å². The van der Waals surface area contributed by atoms with E-state index in [0.717, 1.165) is 50.3 Å². The maximum Gasteiger partial charge on any atom is 0.156 e. The van der Waals surface area contributed by atoms with Crippen molar-refractivity contribution < 1.29 is 4.84 Å². The van der Waals surface area contributed by atoms with Crippen molar-refractivity contribution in [3.8, 4) is 0 Å². The minimum absolute atomic E-state index is 0.167. The molecule has 2 aromatic rings. The lowest BCUT2D eigenvalue weighted by atomic mass is 9.87. The normalized spacial score (nSPS) is 24.4. The summed E-state index contributed by atoms with van der Waals surface area (Å²) >= 11 is 0. The molecular formula is C19H21N3O. The minimum atomic E-state index is -0.167. The highest BCUT2D eigenvalue weighted by molar-refractivity contribution is 6.00. The van der Waals surface area contributed by atoms with E-state index in [-0.39, 0.29) is 5.60 Å². The highest BCUT2D eigenvalue weighted by atomic mass is 16.7. The van der Waals surface area contributed by atoms with E-state index in [2.05, 4.69) is 45.4 Å². The molecule has 1 aromatic heterocycles. The fourth-order valence-electron chi connectivity index (χ4n) is 3.58. The van der Waals surface area contributed by atoms with Gasteiger partial charge >= 0.3 is 0 Å². The molecule has 1 aromatic carbocycles. The van der Waals surface area contributed by atoms with Gasteiger partial charge < -0.3 is 4.84 Å². The van der Waals surface area contributed by atoms with Crippen LogP contribution in [0.1, 0.15) is 30.5 Å². The van der Waals surface area contributed by atoms with Crippen molar-refractivity contribution in [2.45, 2.75) is 31.4 Å². The van der Waals surface area contributed by atoms with E-state index in [1.54, 1.807) is 0 Å². The smallest absolute Gasteiger partial charge is 0.156 e. The Morgan fingerprint density at radius 2 is 1.96 bits per heavy atom. The zero-order valence-corrected chi connectivity index (χ0v) is 13.2. The number of likely N-dealkylation sites (tertiary alicyclic amines) is 1. The van der Waals surface area contributed by atoms with E-state index in [1.807, 2.05) is 24.4 Å². The summed E-state index contributed by atoms with van der Waals surface area (Å²) in [6.45, 7) is 3.03. The van der Waals surface area contributed by atoms with Crippen molar-refractivity contribution in [1.82, 2.24) is 9.88 Å². The van der Waals surface area contributed by atoms with Crippen molar-refractivity contribution in [3.05, 3.63) is 66.0 Å². The third-order valence-electron chi connectivity index (χ3n) is 4.67. The average Bonchev–Trinajstić information content (AvgIpc) is 3.00. The van der Waals surface area contributed by atoms with Gasteiger partial charge in [-0.1, -0.05) is 41.6 Å². The van der Waals surface area contributed by atoms with Gasteiger partial charge in [0.1, 0.15) is 5.71 Å². The molecule has 0 aliphatic carbocycles. The van der Waals surface area contributed by atoms with E-state index >= 15 is 0 Å². The molecule has 2 aliphatic heterocycles. The number of rotatable bonds is 3. The molecule has 0 amide bonds. The van der Waals surface area contributed by atoms with Crippen molar-refractivity contribution in [2.24, 2.45) is 5.16 Å². The van der Waals surface area contributed by atoms with Crippen molar-refractivity contribution in [3.63, 3.8) is 0 Å². The van der Waals surface area contributed by atoms with Gasteiger partial charge in [-0.2, -0.15) is 0 Å². The van der Waals surface area contributed by atoms with Crippen LogP contribution in [0.3, 0.4) is 0 Å². The number of hydrogen-bond donors (Lipinski definition) is 0. The molecule has 118 valence electrons. The third-order valence-corrected chi connectivity index (χ3v) is 4.67. The van der Waals surface area contributed by atoms with Crippen LogP contribution in [0.25, 0.3) is 0 Å². The SMILES string of the molecule is c1ccc(CN2CCCC3(CC(c4ccccn4)=NO3)C2)cc1. The maximum atomic E-state index is 5.92. The van der Waals surface area contributed by atoms with Crippen LogP contribution in [-0.2, 0) is 11.4 Å². The van der Waals surface area contributed by atoms with E-state index in [1.165, 1.54) is 5.56 Å². The molecule has 4 heteroatoms. The number of pyridine rings is 1. The first-order valence-electron chi connectivity index (χ1n) is 8.26. The lowest BCUT2D eigenvalue weighted by molar-refractivity contribution is -0.0704. The molecule has 0 saturated carbocycles. The molecule has 2 aliphatic rings. The van der Waals surface area contributed by atoms with Crippen LogP contribution in [0.4, 0.5) is 0 Å². The zero-order valence-electron chi connectivity index (χ0n) is 13.2. The Kier molecular flexibility index (Phi) is 3.83. The molecule has 1 atom stereocenters. The Bertz CT molecular complexity index is 686. The molecule has 0 N–H and O–H groups in total. The van der Waals surface area contributed by atoms with Crippen LogP contribution in [0.15, 0.2) is 59.9 Å². The quantitative estimate of drug-likeness (QED) is 0.873. The van der Waals surface area contributed by atoms with Gasteiger partial charge in [0.2, 0.25) is 0 Å². The highest BCUT2D eigenvalue weighted by Crippen LogP contribution is 2.35. The van der Waals surface area contributed by atoms with Crippen LogP contribution < -0.4 is 0 Å². The summed E-state index contributed by atoms with van der Waals surface area (Å²) in [7, 11) is 0. The van der Waals surface area contributed by atoms with Crippen LogP contribution in [0.2, 0.25) is 0 Å². The number of hydrogen-bond acceptors (Lipinski definition) is 4. The van der Waals surface area contributed by atoms with Crippen LogP contribution >= 0.6 is 0 Å². The molecule has 1 spiro atoms. The maximum absolute atomic E-state index is 5.92. The van der Waals surface area contributed by atoms with Gasteiger partial charge in [0, 0.05) is 25.7 Å². The standard InChI is InChI=1S/C19H21N3O/c1-2-7-16(8-3-1)14-22-12-6-10-19(15-22)13-18(21-23-19)17-9-4-5-11-20-17/h1-5,7-9,11H,6,10,12-15H2. The van der Waals surface area contributed by atoms with Gasteiger partial charge in [-0.3, -0.25) is 9.88 Å². The largest absolute Gasteiger partial charge is 0.387 e. The summed E-state index contributed by atoms with van der Waals surface area (Å²) in [6, 6.07) is 16.6. The molecule has 4 nitrogen and oxygen atoms in total. The minimum Gasteiger partial charge on any atom is -0.387 e. The molecule has 1 unspecified atom stereocenters. The van der Waals surface area contributed by atoms with Gasteiger partial charge in [0.05, 0.1) is 5.69 Å². The number of aromatic nitrogens is 1. The van der Waals surface area contributed by atoms with E-state index in [4.69, 9.17) is 4.84 Å². The fourth-order valence-corrected chi connectivity index (χ4v) is 3.58. The van der Waals surface area contributed by atoms with Crippen LogP contribution in [0.5, 0.6) is 0 Å². The fraction of sp³-hybridized carbons (Fsp3) is 0.368. The highest BCUT2D eigenvalue weighted by Gasteiger charge is 2.43.